The number of nitrogens with zero attached hydrogens (tertiary/aromatic N) is 3. The molecule has 0 atom stereocenters. The Bertz CT molecular complexity index is 988. The van der Waals surface area contributed by atoms with E-state index in [0.717, 1.165) is 0 Å². The number of carbonyl (C=O) groups is 1. The van der Waals surface area contributed by atoms with Gasteiger partial charge in [0.25, 0.3) is 5.91 Å². The number of halogens is 1. The van der Waals surface area contributed by atoms with Crippen molar-refractivity contribution in [1.82, 2.24) is 10.4 Å². The molecule has 1 aromatic carbocycles. The highest BCUT2D eigenvalue weighted by atomic mass is 79.9. The van der Waals surface area contributed by atoms with Crippen molar-refractivity contribution in [1.29, 1.82) is 5.26 Å². The number of ether oxygens (including phenoxy) is 4. The van der Waals surface area contributed by atoms with Crippen molar-refractivity contribution in [2.24, 2.45) is 5.10 Å². The minimum Gasteiger partial charge on any atom is -0.493 e. The fourth-order valence-corrected chi connectivity index (χ4v) is 2.89. The maximum absolute atomic E-state index is 12.1. The molecule has 0 unspecified atom stereocenters. The number of amides is 1. The molecule has 0 aliphatic rings. The fourth-order valence-electron chi connectivity index (χ4n) is 2.49. The highest BCUT2D eigenvalue weighted by Gasteiger charge is 2.18. The first kappa shape index (κ1) is 23.1. The average Bonchev–Trinajstić information content (AvgIpc) is 2.75. The van der Waals surface area contributed by atoms with Crippen LogP contribution in [0.2, 0.25) is 0 Å². The fraction of sp³-hybridized carbons (Fsp3) is 0.300. The van der Waals surface area contributed by atoms with Gasteiger partial charge in [-0.05, 0) is 46.6 Å². The molecule has 9 nitrogen and oxygen atoms in total. The van der Waals surface area contributed by atoms with Gasteiger partial charge in [0, 0.05) is 17.1 Å². The van der Waals surface area contributed by atoms with E-state index >= 15 is 0 Å². The smallest absolute Gasteiger partial charge is 0.278 e. The lowest BCUT2D eigenvalue weighted by Crippen LogP contribution is -2.25. The highest BCUT2D eigenvalue weighted by Crippen LogP contribution is 2.30. The highest BCUT2D eigenvalue weighted by molar-refractivity contribution is 9.10. The van der Waals surface area contributed by atoms with Gasteiger partial charge in [0.2, 0.25) is 5.88 Å². The quantitative estimate of drug-likeness (QED) is 0.436. The number of nitrogens with one attached hydrogen (secondary N) is 1. The number of rotatable bonds is 9. The zero-order valence-corrected chi connectivity index (χ0v) is 18.6. The molecule has 1 N–H and O–H groups in total. The van der Waals surface area contributed by atoms with Gasteiger partial charge in [-0.15, -0.1) is 0 Å². The first-order valence-corrected chi connectivity index (χ1v) is 9.49. The molecule has 1 aromatic heterocycles. The predicted molar refractivity (Wildman–Crippen MR) is 113 cm³/mol. The van der Waals surface area contributed by atoms with E-state index in [2.05, 4.69) is 31.4 Å². The van der Waals surface area contributed by atoms with Crippen LogP contribution >= 0.6 is 15.9 Å². The molecule has 0 spiro atoms. The van der Waals surface area contributed by atoms with Gasteiger partial charge in [-0.25, -0.2) is 10.4 Å². The Labute approximate surface area is 182 Å². The minimum absolute atomic E-state index is 0.0595. The molecule has 0 aliphatic heterocycles. The van der Waals surface area contributed by atoms with Crippen LogP contribution in [0, 0.1) is 18.3 Å². The van der Waals surface area contributed by atoms with Crippen LogP contribution in [0.3, 0.4) is 0 Å². The van der Waals surface area contributed by atoms with Crippen LogP contribution in [-0.2, 0) is 16.1 Å². The van der Waals surface area contributed by atoms with E-state index in [9.17, 15) is 10.1 Å². The summed E-state index contributed by atoms with van der Waals surface area (Å²) >= 11 is 3.40. The van der Waals surface area contributed by atoms with Crippen molar-refractivity contribution in [3.8, 4) is 23.4 Å². The zero-order valence-electron chi connectivity index (χ0n) is 17.0. The van der Waals surface area contributed by atoms with Crippen LogP contribution in [0.25, 0.3) is 0 Å². The molecule has 10 heteroatoms. The number of hydrogen-bond acceptors (Lipinski definition) is 8. The Balaban J connectivity index is 2.03. The molecule has 30 heavy (non-hydrogen) atoms. The molecular weight excluding hydrogens is 456 g/mol. The maximum atomic E-state index is 12.1. The number of carbonyl (C=O) groups excluding carboxylic acids is 1. The maximum Gasteiger partial charge on any atom is 0.278 e. The van der Waals surface area contributed by atoms with Crippen LogP contribution in [0.5, 0.6) is 17.4 Å². The van der Waals surface area contributed by atoms with Crippen molar-refractivity contribution >= 4 is 28.1 Å². The molecule has 1 heterocycles. The van der Waals surface area contributed by atoms with Gasteiger partial charge < -0.3 is 18.9 Å². The molecule has 0 radical (unpaired) electrons. The van der Waals surface area contributed by atoms with Gasteiger partial charge in [0.1, 0.15) is 11.6 Å². The lowest BCUT2D eigenvalue weighted by molar-refractivity contribution is -0.123. The van der Waals surface area contributed by atoms with Crippen molar-refractivity contribution in [3.63, 3.8) is 0 Å². The molecule has 0 saturated carbocycles. The normalized spacial score (nSPS) is 10.5. The summed E-state index contributed by atoms with van der Waals surface area (Å²) in [6.45, 7) is 1.59. The van der Waals surface area contributed by atoms with Crippen LogP contribution in [0.1, 0.15) is 22.4 Å². The van der Waals surface area contributed by atoms with Gasteiger partial charge >= 0.3 is 0 Å². The summed E-state index contributed by atoms with van der Waals surface area (Å²) in [6.07, 6.45) is 1.46. The molecule has 2 aromatic rings. The molecule has 158 valence electrons. The summed E-state index contributed by atoms with van der Waals surface area (Å²) < 4.78 is 21.6. The van der Waals surface area contributed by atoms with Gasteiger partial charge in [-0.1, -0.05) is 0 Å². The monoisotopic (exact) mass is 476 g/mol. The Morgan fingerprint density at radius 1 is 1.30 bits per heavy atom. The number of hydrogen-bond donors (Lipinski definition) is 1. The minimum atomic E-state index is -0.508. The topological polar surface area (TPSA) is 115 Å². The number of aryl methyl sites for hydroxylation is 1. The Morgan fingerprint density at radius 3 is 2.67 bits per heavy atom. The lowest BCUT2D eigenvalue weighted by atomic mass is 10.1. The van der Waals surface area contributed by atoms with E-state index in [1.807, 2.05) is 6.07 Å². The number of methoxy groups -OCH3 is 3. The van der Waals surface area contributed by atoms with Gasteiger partial charge in [0.05, 0.1) is 32.7 Å². The second kappa shape index (κ2) is 11.1. The molecule has 0 fully saturated rings. The van der Waals surface area contributed by atoms with E-state index in [0.29, 0.717) is 32.8 Å². The third-order valence-corrected chi connectivity index (χ3v) is 4.97. The Morgan fingerprint density at radius 2 is 2.03 bits per heavy atom. The van der Waals surface area contributed by atoms with Gasteiger partial charge in [-0.3, -0.25) is 4.79 Å². The summed E-state index contributed by atoms with van der Waals surface area (Å²) in [5.74, 6) is 0.685. The molecule has 1 amide bonds. The molecular formula is C20H21BrN4O5. The third-order valence-electron chi connectivity index (χ3n) is 3.92. The second-order valence-electron chi connectivity index (χ2n) is 5.91. The molecule has 2 rings (SSSR count). The first-order valence-electron chi connectivity index (χ1n) is 8.69. The van der Waals surface area contributed by atoms with Crippen LogP contribution in [-0.4, -0.2) is 45.0 Å². The van der Waals surface area contributed by atoms with Gasteiger partial charge in [-0.2, -0.15) is 10.4 Å². The van der Waals surface area contributed by atoms with Crippen LogP contribution in [0.4, 0.5) is 0 Å². The summed E-state index contributed by atoms with van der Waals surface area (Å²) in [5, 5.41) is 13.4. The average molecular weight is 477 g/mol. The number of hydrazone groups is 1. The number of aromatic nitrogens is 1. The SMILES string of the molecule is COCc1c(Br)c(C)nc(OCC(=O)NN=Cc2ccc(OC)c(OC)c2)c1C#N. The summed E-state index contributed by atoms with van der Waals surface area (Å²) in [4.78, 5) is 16.3. The molecule has 0 bridgehead atoms. The van der Waals surface area contributed by atoms with E-state index in [1.54, 1.807) is 32.2 Å². The largest absolute Gasteiger partial charge is 0.493 e. The Kier molecular flexibility index (Phi) is 8.58. The standard InChI is InChI=1S/C20H21BrN4O5/c1-12-19(21)15(10-27-2)14(8-22)20(24-12)30-11-18(26)25-23-9-13-5-6-16(28-3)17(7-13)29-4/h5-7,9H,10-11H2,1-4H3,(H,25,26). The molecule has 0 saturated heterocycles. The van der Waals surface area contributed by atoms with Crippen molar-refractivity contribution < 1.29 is 23.7 Å². The summed E-state index contributed by atoms with van der Waals surface area (Å²) in [6, 6.07) is 7.26. The third kappa shape index (κ3) is 5.68. The molecule has 0 aliphatic carbocycles. The van der Waals surface area contributed by atoms with Crippen molar-refractivity contribution in [2.45, 2.75) is 13.5 Å². The summed E-state index contributed by atoms with van der Waals surface area (Å²) in [5.41, 5.74) is 4.49. The zero-order chi connectivity index (χ0) is 22.1. The first-order chi connectivity index (χ1) is 14.4. The van der Waals surface area contributed by atoms with E-state index in [-0.39, 0.29) is 24.7 Å². The van der Waals surface area contributed by atoms with E-state index < -0.39 is 5.91 Å². The van der Waals surface area contributed by atoms with E-state index in [4.69, 9.17) is 18.9 Å². The Hall–Kier alpha value is -3.16. The second-order valence-corrected chi connectivity index (χ2v) is 6.70. The summed E-state index contributed by atoms with van der Waals surface area (Å²) in [7, 11) is 4.60. The number of nitriles is 1. The van der Waals surface area contributed by atoms with Crippen molar-refractivity contribution in [2.75, 3.05) is 27.9 Å². The number of benzene rings is 1. The van der Waals surface area contributed by atoms with E-state index in [1.165, 1.54) is 20.4 Å². The predicted octanol–water partition coefficient (Wildman–Crippen LogP) is 2.72. The van der Waals surface area contributed by atoms with Crippen LogP contribution < -0.4 is 19.6 Å². The number of pyridine rings is 1. The lowest BCUT2D eigenvalue weighted by Gasteiger charge is -2.13. The van der Waals surface area contributed by atoms with Crippen LogP contribution in [0.15, 0.2) is 27.8 Å². The van der Waals surface area contributed by atoms with Crippen molar-refractivity contribution in [3.05, 3.63) is 45.1 Å². The van der Waals surface area contributed by atoms with Gasteiger partial charge in [0.15, 0.2) is 18.1 Å².